The van der Waals surface area contributed by atoms with Gasteiger partial charge in [0.15, 0.2) is 0 Å². The van der Waals surface area contributed by atoms with Gasteiger partial charge < -0.3 is 30.9 Å². The first-order chi connectivity index (χ1) is 18.3. The van der Waals surface area contributed by atoms with Gasteiger partial charge in [-0.1, -0.05) is 47.3 Å². The summed E-state index contributed by atoms with van der Waals surface area (Å²) in [6.07, 6.45) is 6.36. The number of hydrogen-bond acceptors (Lipinski definition) is 6. The second-order valence-corrected chi connectivity index (χ2v) is 11.1. The molecule has 2 heterocycles. The predicted octanol–water partition coefficient (Wildman–Crippen LogP) is 5.32. The molecule has 0 aromatic heterocycles. The highest BCUT2D eigenvalue weighted by Gasteiger charge is 2.22. The van der Waals surface area contributed by atoms with Gasteiger partial charge in [-0.15, -0.1) is 0 Å². The van der Waals surface area contributed by atoms with Gasteiger partial charge in [-0.05, 0) is 62.6 Å². The SMILES string of the molecule is COc1cc(N/C(=C/C2CCCCN2)N2CCN[C@@H](C)C2)c(Cl)cc1C(=O)NCCc1ccc(Cl)cc1Cl. The Morgan fingerprint density at radius 1 is 1.13 bits per heavy atom. The van der Waals surface area contributed by atoms with Gasteiger partial charge in [-0.3, -0.25) is 4.79 Å². The maximum absolute atomic E-state index is 13.0. The predicted molar refractivity (Wildman–Crippen MR) is 157 cm³/mol. The minimum atomic E-state index is -0.265. The van der Waals surface area contributed by atoms with Crippen LogP contribution in [-0.4, -0.2) is 62.7 Å². The zero-order valence-corrected chi connectivity index (χ0v) is 24.1. The van der Waals surface area contributed by atoms with Crippen LogP contribution in [0.5, 0.6) is 5.75 Å². The highest BCUT2D eigenvalue weighted by atomic mass is 35.5. The van der Waals surface area contributed by atoms with Crippen LogP contribution in [0, 0.1) is 0 Å². The van der Waals surface area contributed by atoms with Crippen LogP contribution in [0.4, 0.5) is 5.69 Å². The number of amides is 1. The molecule has 0 bridgehead atoms. The lowest BCUT2D eigenvalue weighted by molar-refractivity contribution is 0.0951. The lowest BCUT2D eigenvalue weighted by Gasteiger charge is -2.36. The summed E-state index contributed by atoms with van der Waals surface area (Å²) in [4.78, 5) is 15.4. The largest absolute Gasteiger partial charge is 0.496 e. The molecule has 2 aromatic rings. The van der Waals surface area contributed by atoms with Crippen molar-refractivity contribution in [2.24, 2.45) is 0 Å². The average Bonchev–Trinajstić information content (AvgIpc) is 2.91. The van der Waals surface area contributed by atoms with Crippen LogP contribution in [0.2, 0.25) is 15.1 Å². The third-order valence-electron chi connectivity index (χ3n) is 6.91. The van der Waals surface area contributed by atoms with Gasteiger partial charge in [0.2, 0.25) is 0 Å². The average molecular weight is 581 g/mol. The van der Waals surface area contributed by atoms with E-state index >= 15 is 0 Å². The van der Waals surface area contributed by atoms with Gasteiger partial charge in [-0.25, -0.2) is 0 Å². The van der Waals surface area contributed by atoms with Crippen molar-refractivity contribution in [3.05, 3.63) is 68.4 Å². The molecule has 2 aromatic carbocycles. The van der Waals surface area contributed by atoms with Crippen LogP contribution in [0.15, 0.2) is 42.2 Å². The standard InChI is InChI=1S/C28H36Cl3N5O2/c1-18-17-36(12-11-32-18)27(14-21-5-3-4-9-33-21)35-25-16-26(38-2)22(15-24(25)31)28(37)34-10-8-19-6-7-20(29)13-23(19)30/h6-7,13-16,18,21,32-33,35H,3-5,8-12,17H2,1-2H3,(H,34,37)/b27-14-/t18-,21?/m0/s1. The molecule has 2 aliphatic heterocycles. The van der Waals surface area contributed by atoms with Crippen LogP contribution in [0.3, 0.4) is 0 Å². The van der Waals surface area contributed by atoms with Crippen molar-refractivity contribution >= 4 is 46.4 Å². The number of nitrogens with one attached hydrogen (secondary N) is 4. The van der Waals surface area contributed by atoms with E-state index in [2.05, 4.69) is 39.2 Å². The van der Waals surface area contributed by atoms with Crippen molar-refractivity contribution in [1.82, 2.24) is 20.9 Å². The maximum atomic E-state index is 13.0. The van der Waals surface area contributed by atoms with Crippen LogP contribution >= 0.6 is 34.8 Å². The minimum absolute atomic E-state index is 0.265. The summed E-state index contributed by atoms with van der Waals surface area (Å²) in [6, 6.07) is 9.48. The monoisotopic (exact) mass is 579 g/mol. The van der Waals surface area contributed by atoms with Crippen molar-refractivity contribution in [3.8, 4) is 5.75 Å². The van der Waals surface area contributed by atoms with Crippen molar-refractivity contribution in [2.75, 3.05) is 45.2 Å². The van der Waals surface area contributed by atoms with Gasteiger partial charge in [0.1, 0.15) is 11.6 Å². The van der Waals surface area contributed by atoms with Crippen LogP contribution in [-0.2, 0) is 6.42 Å². The molecule has 0 spiro atoms. The topological polar surface area (TPSA) is 77.7 Å². The molecular formula is C28H36Cl3N5O2. The minimum Gasteiger partial charge on any atom is -0.496 e. The van der Waals surface area contributed by atoms with Crippen LogP contribution in [0.25, 0.3) is 0 Å². The number of piperazine rings is 1. The zero-order valence-electron chi connectivity index (χ0n) is 21.9. The highest BCUT2D eigenvalue weighted by molar-refractivity contribution is 6.35. The molecule has 0 aliphatic carbocycles. The Labute approximate surface area is 240 Å². The molecule has 0 saturated carbocycles. The van der Waals surface area contributed by atoms with Crippen molar-refractivity contribution < 1.29 is 9.53 Å². The molecular weight excluding hydrogens is 545 g/mol. The number of ether oxygens (including phenoxy) is 1. The second kappa shape index (κ2) is 13.8. The summed E-state index contributed by atoms with van der Waals surface area (Å²) in [6.45, 7) is 6.31. The van der Waals surface area contributed by atoms with E-state index in [0.717, 1.165) is 44.0 Å². The number of rotatable bonds is 9. The highest BCUT2D eigenvalue weighted by Crippen LogP contribution is 2.33. The van der Waals surface area contributed by atoms with E-state index in [1.54, 1.807) is 31.4 Å². The van der Waals surface area contributed by atoms with Gasteiger partial charge in [0.05, 0.1) is 23.4 Å². The molecule has 1 unspecified atom stereocenters. The van der Waals surface area contributed by atoms with Gasteiger partial charge in [0, 0.05) is 54.4 Å². The second-order valence-electron chi connectivity index (χ2n) is 9.81. The molecule has 0 radical (unpaired) electrons. The Morgan fingerprint density at radius 2 is 1.97 bits per heavy atom. The summed E-state index contributed by atoms with van der Waals surface area (Å²) in [5, 5.41) is 15.2. The van der Waals surface area contributed by atoms with E-state index in [0.29, 0.717) is 57.1 Å². The number of carbonyl (C=O) groups is 1. The number of carbonyl (C=O) groups excluding carboxylic acids is 1. The number of nitrogens with zero attached hydrogens (tertiary/aromatic N) is 1. The Kier molecular flexibility index (Phi) is 10.4. The van der Waals surface area contributed by atoms with E-state index < -0.39 is 0 Å². The molecule has 38 heavy (non-hydrogen) atoms. The molecule has 7 nitrogen and oxygen atoms in total. The molecule has 1 amide bonds. The first kappa shape index (κ1) is 28.8. The molecule has 2 aliphatic rings. The van der Waals surface area contributed by atoms with Gasteiger partial charge in [-0.2, -0.15) is 0 Å². The number of benzene rings is 2. The molecule has 206 valence electrons. The summed E-state index contributed by atoms with van der Waals surface area (Å²) in [5.41, 5.74) is 1.98. The van der Waals surface area contributed by atoms with Crippen LogP contribution in [0.1, 0.15) is 42.1 Å². The van der Waals surface area contributed by atoms with Crippen molar-refractivity contribution in [1.29, 1.82) is 0 Å². The number of anilines is 1. The summed E-state index contributed by atoms with van der Waals surface area (Å²) in [5.74, 6) is 1.19. The molecule has 10 heteroatoms. The maximum Gasteiger partial charge on any atom is 0.255 e. The van der Waals surface area contributed by atoms with E-state index in [-0.39, 0.29) is 5.91 Å². The van der Waals surface area contributed by atoms with E-state index in [4.69, 9.17) is 39.5 Å². The Morgan fingerprint density at radius 3 is 2.68 bits per heavy atom. The Hall–Kier alpha value is -2.16. The Bertz CT molecular complexity index is 1150. The molecule has 2 saturated heterocycles. The fourth-order valence-corrected chi connectivity index (χ4v) is 5.57. The lowest BCUT2D eigenvalue weighted by atomic mass is 10.0. The normalized spacial score (nSPS) is 20.2. The fourth-order valence-electron chi connectivity index (χ4n) is 4.85. The summed E-state index contributed by atoms with van der Waals surface area (Å²) < 4.78 is 5.60. The Balaban J connectivity index is 1.49. The molecule has 4 rings (SSSR count). The first-order valence-electron chi connectivity index (χ1n) is 13.1. The number of piperidine rings is 1. The summed E-state index contributed by atoms with van der Waals surface area (Å²) >= 11 is 19.0. The third-order valence-corrected chi connectivity index (χ3v) is 7.81. The van der Waals surface area contributed by atoms with Gasteiger partial charge >= 0.3 is 0 Å². The van der Waals surface area contributed by atoms with Crippen molar-refractivity contribution in [3.63, 3.8) is 0 Å². The van der Waals surface area contributed by atoms with Crippen molar-refractivity contribution in [2.45, 2.75) is 44.7 Å². The fraction of sp³-hybridized carbons (Fsp3) is 0.464. The number of methoxy groups -OCH3 is 1. The van der Waals surface area contributed by atoms with Gasteiger partial charge in [0.25, 0.3) is 5.91 Å². The van der Waals surface area contributed by atoms with E-state index in [1.165, 1.54) is 12.8 Å². The molecule has 4 N–H and O–H groups in total. The quantitative estimate of drug-likeness (QED) is 0.322. The van der Waals surface area contributed by atoms with E-state index in [9.17, 15) is 4.79 Å². The number of halogens is 3. The van der Waals surface area contributed by atoms with Crippen LogP contribution < -0.4 is 26.0 Å². The molecule has 2 atom stereocenters. The number of hydrogen-bond donors (Lipinski definition) is 4. The smallest absolute Gasteiger partial charge is 0.255 e. The zero-order chi connectivity index (χ0) is 27.1. The first-order valence-corrected chi connectivity index (χ1v) is 14.3. The third kappa shape index (κ3) is 7.70. The summed E-state index contributed by atoms with van der Waals surface area (Å²) in [7, 11) is 1.55. The van der Waals surface area contributed by atoms with E-state index in [1.807, 2.05) is 6.07 Å². The molecule has 2 fully saturated rings. The lowest BCUT2D eigenvalue weighted by Crippen LogP contribution is -2.50.